The zero-order chi connectivity index (χ0) is 33.0. The van der Waals surface area contributed by atoms with E-state index < -0.39 is 46.9 Å². The predicted molar refractivity (Wildman–Crippen MR) is 163 cm³/mol. The van der Waals surface area contributed by atoms with Gasteiger partial charge in [0.05, 0.1) is 40.9 Å². The number of urea groups is 1. The van der Waals surface area contributed by atoms with Crippen LogP contribution in [0.5, 0.6) is 0 Å². The van der Waals surface area contributed by atoms with Crippen LogP contribution in [0.4, 0.5) is 49.5 Å². The normalized spacial score (nSPS) is 17.8. The summed E-state index contributed by atoms with van der Waals surface area (Å²) in [5, 5.41) is 13.4. The quantitative estimate of drug-likeness (QED) is 0.186. The van der Waals surface area contributed by atoms with Crippen LogP contribution in [0.2, 0.25) is 5.02 Å². The van der Waals surface area contributed by atoms with Gasteiger partial charge in [-0.2, -0.15) is 18.3 Å². The highest BCUT2D eigenvalue weighted by molar-refractivity contribution is 6.31. The van der Waals surface area contributed by atoms with Crippen LogP contribution in [0.15, 0.2) is 54.9 Å². The van der Waals surface area contributed by atoms with E-state index in [4.69, 9.17) is 16.3 Å². The molecule has 3 amide bonds. The van der Waals surface area contributed by atoms with E-state index in [0.717, 1.165) is 25.0 Å². The number of rotatable bonds is 6. The summed E-state index contributed by atoms with van der Waals surface area (Å²) in [6, 6.07) is 5.41. The van der Waals surface area contributed by atoms with E-state index in [0.29, 0.717) is 66.0 Å². The lowest BCUT2D eigenvalue weighted by Gasteiger charge is -2.35. The van der Waals surface area contributed by atoms with Crippen LogP contribution >= 0.6 is 11.6 Å². The third-order valence-corrected chi connectivity index (χ3v) is 8.90. The summed E-state index contributed by atoms with van der Waals surface area (Å²) in [6.45, 7) is 1.52. The summed E-state index contributed by atoms with van der Waals surface area (Å²) < 4.78 is 76.5. The molecule has 4 aromatic rings. The van der Waals surface area contributed by atoms with Crippen molar-refractivity contribution in [2.75, 3.05) is 35.3 Å². The molecule has 9 nitrogen and oxygen atoms in total. The number of nitrogens with zero attached hydrogens (tertiary/aromatic N) is 3. The summed E-state index contributed by atoms with van der Waals surface area (Å²) in [4.78, 5) is 28.4. The van der Waals surface area contributed by atoms with Crippen molar-refractivity contribution < 1.29 is 36.3 Å². The highest BCUT2D eigenvalue weighted by Gasteiger charge is 2.41. The van der Waals surface area contributed by atoms with Crippen molar-refractivity contribution in [2.45, 2.75) is 37.5 Å². The largest absolute Gasteiger partial charge is 0.416 e. The topological polar surface area (TPSA) is 101 Å². The maximum absolute atomic E-state index is 14.5. The van der Waals surface area contributed by atoms with E-state index in [9.17, 15) is 31.5 Å². The van der Waals surface area contributed by atoms with E-state index >= 15 is 0 Å². The maximum atomic E-state index is 14.5. The monoisotopic (exact) mass is 672 g/mol. The first-order valence-corrected chi connectivity index (χ1v) is 15.1. The Bertz CT molecular complexity index is 1910. The fourth-order valence-electron chi connectivity index (χ4n) is 6.36. The van der Waals surface area contributed by atoms with Crippen LogP contribution in [-0.2, 0) is 17.3 Å². The Morgan fingerprint density at radius 2 is 1.83 bits per heavy atom. The molecule has 244 valence electrons. The van der Waals surface area contributed by atoms with Gasteiger partial charge in [-0.3, -0.25) is 14.4 Å². The number of amides is 3. The molecule has 1 unspecified atom stereocenters. The van der Waals surface area contributed by atoms with E-state index in [1.165, 1.54) is 11.0 Å². The molecule has 3 N–H and O–H groups in total. The average Bonchev–Trinajstić information content (AvgIpc) is 3.70. The second-order valence-electron chi connectivity index (χ2n) is 11.5. The van der Waals surface area contributed by atoms with Crippen molar-refractivity contribution in [3.8, 4) is 0 Å². The lowest BCUT2D eigenvalue weighted by atomic mass is 9.90. The number of benzene rings is 3. The van der Waals surface area contributed by atoms with Crippen LogP contribution in [0.1, 0.15) is 57.5 Å². The number of nitrogens with one attached hydrogen (secondary N) is 3. The second-order valence-corrected chi connectivity index (χ2v) is 11.9. The molecule has 1 saturated heterocycles. The Hall–Kier alpha value is -4.69. The number of carbonyl (C=O) groups excluding carboxylic acids is 2. The van der Waals surface area contributed by atoms with Gasteiger partial charge < -0.3 is 20.7 Å². The standard InChI is InChI=1S/C32H26ClF5N6O3/c33-24-2-1-18(34)12-23(24)28-27-26(41-30(45)16-9-17(32(36,37)38)11-19(35)10-16)13-25(22-3-6-43(29(22)27)31(46)42-28)40-20-14-39-44(15-20)21-4-7-47-8-5-21/h1-2,9-15,21,28,40H,3-8H2,(H,41,45)(H,42,46). The van der Waals surface area contributed by atoms with Gasteiger partial charge in [-0.1, -0.05) is 11.6 Å². The minimum Gasteiger partial charge on any atom is -0.381 e. The number of ether oxygens (including phenoxy) is 1. The Balaban J connectivity index is 1.35. The number of hydrogen-bond acceptors (Lipinski definition) is 5. The Labute approximate surface area is 269 Å². The van der Waals surface area contributed by atoms with Crippen molar-refractivity contribution >= 4 is 46.3 Å². The summed E-state index contributed by atoms with van der Waals surface area (Å²) in [6.07, 6.45) is 0.591. The number of anilines is 4. The van der Waals surface area contributed by atoms with Crippen molar-refractivity contribution in [3.63, 3.8) is 0 Å². The van der Waals surface area contributed by atoms with Crippen molar-refractivity contribution in [3.05, 3.63) is 99.3 Å². The van der Waals surface area contributed by atoms with Crippen molar-refractivity contribution in [1.82, 2.24) is 15.1 Å². The van der Waals surface area contributed by atoms with Crippen LogP contribution in [-0.4, -0.2) is 41.5 Å². The van der Waals surface area contributed by atoms with Gasteiger partial charge in [0.2, 0.25) is 0 Å². The third-order valence-electron chi connectivity index (χ3n) is 8.55. The summed E-state index contributed by atoms with van der Waals surface area (Å²) in [5.41, 5.74) is 1.000. The highest BCUT2D eigenvalue weighted by Crippen LogP contribution is 2.49. The lowest BCUT2D eigenvalue weighted by molar-refractivity contribution is -0.137. The average molecular weight is 673 g/mol. The lowest BCUT2D eigenvalue weighted by Crippen LogP contribution is -2.46. The zero-order valence-electron chi connectivity index (χ0n) is 24.4. The number of carbonyl (C=O) groups is 2. The van der Waals surface area contributed by atoms with Crippen molar-refractivity contribution in [2.24, 2.45) is 0 Å². The molecule has 1 fully saturated rings. The Morgan fingerprint density at radius 3 is 2.60 bits per heavy atom. The molecule has 15 heteroatoms. The molecule has 0 bridgehead atoms. The molecule has 0 spiro atoms. The Kier molecular flexibility index (Phi) is 7.79. The summed E-state index contributed by atoms with van der Waals surface area (Å²) in [7, 11) is 0. The number of halogens is 6. The van der Waals surface area contributed by atoms with Crippen LogP contribution in [0, 0.1) is 11.6 Å². The van der Waals surface area contributed by atoms with Gasteiger partial charge >= 0.3 is 12.2 Å². The molecule has 0 saturated carbocycles. The highest BCUT2D eigenvalue weighted by atomic mass is 35.5. The molecule has 3 aliphatic heterocycles. The van der Waals surface area contributed by atoms with Gasteiger partial charge in [-0.25, -0.2) is 13.6 Å². The molecule has 3 aromatic carbocycles. The summed E-state index contributed by atoms with van der Waals surface area (Å²) in [5.74, 6) is -2.90. The van der Waals surface area contributed by atoms with E-state index in [-0.39, 0.29) is 28.9 Å². The zero-order valence-corrected chi connectivity index (χ0v) is 25.2. The fraction of sp³-hybridized carbons (Fsp3) is 0.281. The van der Waals surface area contributed by atoms with E-state index in [1.807, 2.05) is 10.9 Å². The number of hydrogen-bond donors (Lipinski definition) is 3. The molecule has 1 atom stereocenters. The molecule has 0 radical (unpaired) electrons. The smallest absolute Gasteiger partial charge is 0.381 e. The third kappa shape index (κ3) is 5.87. The minimum absolute atomic E-state index is 0.0862. The van der Waals surface area contributed by atoms with Crippen LogP contribution < -0.4 is 20.9 Å². The minimum atomic E-state index is -4.90. The van der Waals surface area contributed by atoms with Crippen LogP contribution in [0.3, 0.4) is 0 Å². The molecule has 1 aromatic heterocycles. The molecular formula is C32H26ClF5N6O3. The van der Waals surface area contributed by atoms with E-state index in [1.54, 1.807) is 12.3 Å². The molecule has 7 rings (SSSR count). The Morgan fingerprint density at radius 1 is 1.04 bits per heavy atom. The van der Waals surface area contributed by atoms with Gasteiger partial charge in [0.15, 0.2) is 0 Å². The summed E-state index contributed by atoms with van der Waals surface area (Å²) >= 11 is 6.48. The number of alkyl halides is 3. The van der Waals surface area contributed by atoms with Crippen LogP contribution in [0.25, 0.3) is 0 Å². The number of aromatic nitrogens is 2. The van der Waals surface area contributed by atoms with E-state index in [2.05, 4.69) is 21.0 Å². The first kappa shape index (κ1) is 30.9. The molecule has 4 heterocycles. The SMILES string of the molecule is O=C(Nc1cc(Nc2cnn(C3CCOCC3)c2)c2c3c1C(c1cc(F)ccc1Cl)NC(=O)N3CC2)c1cc(F)cc(C(F)(F)F)c1. The molecule has 0 aliphatic carbocycles. The van der Waals surface area contributed by atoms with Gasteiger partial charge in [0.1, 0.15) is 11.6 Å². The maximum Gasteiger partial charge on any atom is 0.416 e. The van der Waals surface area contributed by atoms with Crippen molar-refractivity contribution in [1.29, 1.82) is 0 Å². The molecule has 3 aliphatic rings. The predicted octanol–water partition coefficient (Wildman–Crippen LogP) is 7.36. The van der Waals surface area contributed by atoms with Gasteiger partial charge in [-0.05, 0) is 61.7 Å². The first-order valence-electron chi connectivity index (χ1n) is 14.8. The molecular weight excluding hydrogens is 647 g/mol. The first-order chi connectivity index (χ1) is 22.5. The van der Waals surface area contributed by atoms with Gasteiger partial charge in [0, 0.05) is 58.9 Å². The fourth-order valence-corrected chi connectivity index (χ4v) is 6.59. The van der Waals surface area contributed by atoms with Gasteiger partial charge in [-0.15, -0.1) is 0 Å². The second kappa shape index (κ2) is 11.8. The molecule has 47 heavy (non-hydrogen) atoms. The van der Waals surface area contributed by atoms with Gasteiger partial charge in [0.25, 0.3) is 5.91 Å².